The maximum Gasteiger partial charge on any atom is 0.241 e. The molecule has 1 N–H and O–H groups in total. The van der Waals surface area contributed by atoms with E-state index in [-0.39, 0.29) is 0 Å². The molecule has 2 rings (SSSR count). The highest BCUT2D eigenvalue weighted by molar-refractivity contribution is 7.89. The summed E-state index contributed by atoms with van der Waals surface area (Å²) in [4.78, 5) is 2.82. The number of nitrogens with zero attached hydrogens (tertiary/aromatic N) is 1. The maximum absolute atomic E-state index is 12.6. The van der Waals surface area contributed by atoms with Crippen molar-refractivity contribution < 1.29 is 13.2 Å². The van der Waals surface area contributed by atoms with Gasteiger partial charge >= 0.3 is 0 Å². The third-order valence-corrected chi connectivity index (χ3v) is 6.35. The number of ether oxygens (including phenoxy) is 1. The molecule has 0 aromatic heterocycles. The van der Waals surface area contributed by atoms with E-state index in [1.165, 1.54) is 25.7 Å². The highest BCUT2D eigenvalue weighted by Crippen LogP contribution is 2.25. The van der Waals surface area contributed by atoms with E-state index < -0.39 is 10.0 Å². The van der Waals surface area contributed by atoms with Crippen molar-refractivity contribution in [3.63, 3.8) is 0 Å². The fourth-order valence-corrected chi connectivity index (χ4v) is 4.92. The summed E-state index contributed by atoms with van der Waals surface area (Å²) in [6.45, 7) is 7.34. The first-order valence-electron chi connectivity index (χ1n) is 8.81. The number of sulfonamides is 1. The van der Waals surface area contributed by atoms with Crippen molar-refractivity contribution in [3.05, 3.63) is 23.3 Å². The average Bonchev–Trinajstić information content (AvgIpc) is 2.79. The molecule has 5 nitrogen and oxygen atoms in total. The van der Waals surface area contributed by atoms with Crippen molar-refractivity contribution in [1.82, 2.24) is 9.62 Å². The lowest BCUT2D eigenvalue weighted by Gasteiger charge is -2.19. The minimum Gasteiger partial charge on any atom is -0.497 e. The molecule has 1 heterocycles. The molecule has 0 unspecified atom stereocenters. The molecule has 1 aromatic rings. The van der Waals surface area contributed by atoms with E-state index in [0.29, 0.717) is 28.3 Å². The van der Waals surface area contributed by atoms with Crippen molar-refractivity contribution in [2.24, 2.45) is 0 Å². The van der Waals surface area contributed by atoms with Crippen LogP contribution < -0.4 is 9.46 Å². The minimum atomic E-state index is -3.48. The molecule has 1 aliphatic rings. The fourth-order valence-electron chi connectivity index (χ4n) is 3.39. The summed E-state index contributed by atoms with van der Waals surface area (Å²) in [5.74, 6) is 0.685. The predicted molar refractivity (Wildman–Crippen MR) is 97.2 cm³/mol. The molecule has 1 aliphatic heterocycles. The fraction of sp³-hybridized carbons (Fsp3) is 0.667. The van der Waals surface area contributed by atoms with Gasteiger partial charge < -0.3 is 9.64 Å². The molecular weight excluding hydrogens is 324 g/mol. The number of methoxy groups -OCH3 is 1. The van der Waals surface area contributed by atoms with E-state index >= 15 is 0 Å². The predicted octanol–water partition coefficient (Wildman–Crippen LogP) is 2.86. The van der Waals surface area contributed by atoms with Gasteiger partial charge in [-0.05, 0) is 76.0 Å². The summed E-state index contributed by atoms with van der Waals surface area (Å²) in [7, 11) is -1.89. The van der Waals surface area contributed by atoms with Crippen LogP contribution in [0, 0.1) is 13.8 Å². The number of likely N-dealkylation sites (tertiary alicyclic amines) is 1. The maximum atomic E-state index is 12.6. The smallest absolute Gasteiger partial charge is 0.241 e. The SMILES string of the molecule is COc1cc(C)c(S(=O)(=O)NCCCN2CCCCCC2)c(C)c1. The van der Waals surface area contributed by atoms with Crippen molar-refractivity contribution in [1.29, 1.82) is 0 Å². The van der Waals surface area contributed by atoms with Gasteiger partial charge in [0.05, 0.1) is 12.0 Å². The van der Waals surface area contributed by atoms with E-state index in [0.717, 1.165) is 26.1 Å². The van der Waals surface area contributed by atoms with Gasteiger partial charge in [0, 0.05) is 6.54 Å². The summed E-state index contributed by atoms with van der Waals surface area (Å²) >= 11 is 0. The highest BCUT2D eigenvalue weighted by Gasteiger charge is 2.20. The van der Waals surface area contributed by atoms with Gasteiger partial charge in [-0.25, -0.2) is 13.1 Å². The molecule has 0 atom stereocenters. The molecule has 136 valence electrons. The second-order valence-electron chi connectivity index (χ2n) is 6.60. The molecule has 0 radical (unpaired) electrons. The van der Waals surface area contributed by atoms with E-state index in [1.807, 2.05) is 0 Å². The van der Waals surface area contributed by atoms with Crippen molar-refractivity contribution >= 4 is 10.0 Å². The Kier molecular flexibility index (Phi) is 7.07. The Morgan fingerprint density at radius 2 is 1.67 bits per heavy atom. The lowest BCUT2D eigenvalue weighted by Crippen LogP contribution is -2.31. The Bertz CT molecular complexity index is 613. The second kappa shape index (κ2) is 8.83. The van der Waals surface area contributed by atoms with Crippen molar-refractivity contribution in [2.75, 3.05) is 33.3 Å². The standard InChI is InChI=1S/C18H30N2O3S/c1-15-13-17(23-3)14-16(2)18(15)24(21,22)19-9-8-12-20-10-6-4-5-7-11-20/h13-14,19H,4-12H2,1-3H3. The molecule has 1 fully saturated rings. The van der Waals surface area contributed by atoms with E-state index in [4.69, 9.17) is 4.74 Å². The third kappa shape index (κ3) is 5.19. The molecule has 0 aliphatic carbocycles. The van der Waals surface area contributed by atoms with Crippen LogP contribution in [-0.4, -0.2) is 46.6 Å². The molecule has 0 saturated carbocycles. The van der Waals surface area contributed by atoms with E-state index in [9.17, 15) is 8.42 Å². The van der Waals surface area contributed by atoms with Gasteiger partial charge in [-0.3, -0.25) is 0 Å². The first-order valence-corrected chi connectivity index (χ1v) is 10.3. The Hall–Kier alpha value is -1.11. The molecule has 1 aromatic carbocycles. The quantitative estimate of drug-likeness (QED) is 0.765. The van der Waals surface area contributed by atoms with Crippen LogP contribution >= 0.6 is 0 Å². The monoisotopic (exact) mass is 354 g/mol. The van der Waals surface area contributed by atoms with E-state index in [2.05, 4.69) is 9.62 Å². The third-order valence-electron chi connectivity index (χ3n) is 4.58. The van der Waals surface area contributed by atoms with Gasteiger partial charge in [0.25, 0.3) is 0 Å². The van der Waals surface area contributed by atoms with Crippen LogP contribution in [0.2, 0.25) is 0 Å². The Morgan fingerprint density at radius 1 is 1.08 bits per heavy atom. The van der Waals surface area contributed by atoms with Gasteiger partial charge in [-0.15, -0.1) is 0 Å². The first kappa shape index (κ1) is 19.2. The number of aryl methyl sites for hydroxylation is 2. The summed E-state index contributed by atoms with van der Waals surface area (Å²) in [5, 5.41) is 0. The molecule has 0 spiro atoms. The van der Waals surface area contributed by atoms with Crippen molar-refractivity contribution in [2.45, 2.75) is 50.8 Å². The van der Waals surface area contributed by atoms with Crippen LogP contribution in [-0.2, 0) is 10.0 Å². The lowest BCUT2D eigenvalue weighted by atomic mass is 10.1. The van der Waals surface area contributed by atoms with Gasteiger partial charge in [-0.1, -0.05) is 12.8 Å². The molecule has 6 heteroatoms. The summed E-state index contributed by atoms with van der Waals surface area (Å²) < 4.78 is 33.2. The highest BCUT2D eigenvalue weighted by atomic mass is 32.2. The number of hydrogen-bond acceptors (Lipinski definition) is 4. The van der Waals surface area contributed by atoms with Gasteiger partial charge in [0.2, 0.25) is 10.0 Å². The van der Waals surface area contributed by atoms with Gasteiger partial charge in [-0.2, -0.15) is 0 Å². The molecule has 1 saturated heterocycles. The van der Waals surface area contributed by atoms with E-state index in [1.54, 1.807) is 33.1 Å². The Labute approximate surface area is 146 Å². The average molecular weight is 355 g/mol. The van der Waals surface area contributed by atoms with Crippen molar-refractivity contribution in [3.8, 4) is 5.75 Å². The summed E-state index contributed by atoms with van der Waals surface area (Å²) in [6, 6.07) is 3.53. The molecule has 0 amide bonds. The van der Waals surface area contributed by atoms with Gasteiger partial charge in [0.1, 0.15) is 5.75 Å². The number of hydrogen-bond donors (Lipinski definition) is 1. The number of benzene rings is 1. The molecule has 24 heavy (non-hydrogen) atoms. The number of nitrogens with one attached hydrogen (secondary N) is 1. The molecule has 0 bridgehead atoms. The van der Waals surface area contributed by atoms with Crippen LogP contribution in [0.15, 0.2) is 17.0 Å². The van der Waals surface area contributed by atoms with Gasteiger partial charge in [0.15, 0.2) is 0 Å². The van der Waals surface area contributed by atoms with Crippen LogP contribution in [0.5, 0.6) is 5.75 Å². The Morgan fingerprint density at radius 3 is 2.21 bits per heavy atom. The van der Waals surface area contributed by atoms with Crippen LogP contribution in [0.25, 0.3) is 0 Å². The topological polar surface area (TPSA) is 58.6 Å². The first-order chi connectivity index (χ1) is 11.4. The zero-order valence-electron chi connectivity index (χ0n) is 15.1. The normalized spacial score (nSPS) is 16.8. The zero-order valence-corrected chi connectivity index (χ0v) is 15.9. The lowest BCUT2D eigenvalue weighted by molar-refractivity contribution is 0.282. The zero-order chi connectivity index (χ0) is 17.6. The summed E-state index contributed by atoms with van der Waals surface area (Å²) in [6.07, 6.45) is 6.00. The largest absolute Gasteiger partial charge is 0.497 e. The number of rotatable bonds is 7. The van der Waals surface area contributed by atoms with Crippen LogP contribution in [0.4, 0.5) is 0 Å². The van der Waals surface area contributed by atoms with Crippen LogP contribution in [0.1, 0.15) is 43.2 Å². The Balaban J connectivity index is 1.91. The second-order valence-corrected chi connectivity index (χ2v) is 8.30. The minimum absolute atomic E-state index is 0.373. The summed E-state index contributed by atoms with van der Waals surface area (Å²) in [5.41, 5.74) is 1.43. The molecular formula is C18H30N2O3S. The van der Waals surface area contributed by atoms with Crippen LogP contribution in [0.3, 0.4) is 0 Å².